The van der Waals surface area contributed by atoms with Crippen LogP contribution in [0.25, 0.3) is 0 Å². The molecule has 0 amide bonds. The Bertz CT molecular complexity index is 191. The van der Waals surface area contributed by atoms with Gasteiger partial charge in [0.2, 0.25) is 0 Å². The first-order chi connectivity index (χ1) is 6.33. The van der Waals surface area contributed by atoms with Gasteiger partial charge < -0.3 is 9.90 Å². The largest absolute Gasteiger partial charge is 0.390 e. The lowest BCUT2D eigenvalue weighted by atomic mass is 9.81. The minimum absolute atomic E-state index is 0.104. The Hall–Kier alpha value is -0.630. The van der Waals surface area contributed by atoms with E-state index in [9.17, 15) is 9.90 Å². The number of rotatable bonds is 7. The number of hydrogen-bond acceptors (Lipinski definition) is 2. The number of allylic oxidation sites excluding steroid dienone is 1. The third-order valence-corrected chi connectivity index (χ3v) is 2.58. The van der Waals surface area contributed by atoms with Crippen molar-refractivity contribution in [1.29, 1.82) is 0 Å². The van der Waals surface area contributed by atoms with Crippen molar-refractivity contribution in [2.24, 2.45) is 5.41 Å². The standard InChI is InChI=1S/C12H22O2/c1-5-12(4,9-10-13)8-6-7-11(2,3)14/h5,10,14H,1,6-9H2,2-4H3. The maximum Gasteiger partial charge on any atom is 0.120 e. The predicted molar refractivity (Wildman–Crippen MR) is 59.1 cm³/mol. The van der Waals surface area contributed by atoms with Crippen molar-refractivity contribution in [1.82, 2.24) is 0 Å². The lowest BCUT2D eigenvalue weighted by molar-refractivity contribution is -0.109. The van der Waals surface area contributed by atoms with Gasteiger partial charge in [-0.15, -0.1) is 6.58 Å². The second-order valence-corrected chi connectivity index (χ2v) is 4.89. The van der Waals surface area contributed by atoms with Crippen LogP contribution >= 0.6 is 0 Å². The molecular weight excluding hydrogens is 176 g/mol. The van der Waals surface area contributed by atoms with Crippen LogP contribution in [-0.2, 0) is 4.79 Å². The molecule has 0 saturated carbocycles. The number of hydrogen-bond donors (Lipinski definition) is 1. The van der Waals surface area contributed by atoms with Crippen LogP contribution in [0, 0.1) is 5.41 Å². The van der Waals surface area contributed by atoms with Crippen LogP contribution in [0.5, 0.6) is 0 Å². The Morgan fingerprint density at radius 3 is 2.21 bits per heavy atom. The lowest BCUT2D eigenvalue weighted by Gasteiger charge is -2.25. The summed E-state index contributed by atoms with van der Waals surface area (Å²) >= 11 is 0. The maximum atomic E-state index is 10.4. The first-order valence-electron chi connectivity index (χ1n) is 5.13. The average molecular weight is 198 g/mol. The number of carbonyl (C=O) groups is 1. The highest BCUT2D eigenvalue weighted by Gasteiger charge is 2.21. The van der Waals surface area contributed by atoms with Gasteiger partial charge in [0.05, 0.1) is 5.60 Å². The first kappa shape index (κ1) is 13.4. The van der Waals surface area contributed by atoms with Crippen molar-refractivity contribution in [3.8, 4) is 0 Å². The highest BCUT2D eigenvalue weighted by atomic mass is 16.3. The molecule has 0 spiro atoms. The van der Waals surface area contributed by atoms with Crippen LogP contribution in [0.1, 0.15) is 46.5 Å². The summed E-state index contributed by atoms with van der Waals surface area (Å²) in [5, 5.41) is 9.52. The summed E-state index contributed by atoms with van der Waals surface area (Å²) in [6, 6.07) is 0. The summed E-state index contributed by atoms with van der Waals surface area (Å²) in [7, 11) is 0. The van der Waals surface area contributed by atoms with E-state index in [1.54, 1.807) is 13.8 Å². The SMILES string of the molecule is C=CC(C)(CC=O)CCCC(C)(C)O. The van der Waals surface area contributed by atoms with Gasteiger partial charge in [0.25, 0.3) is 0 Å². The summed E-state index contributed by atoms with van der Waals surface area (Å²) in [5.41, 5.74) is -0.712. The van der Waals surface area contributed by atoms with Gasteiger partial charge in [0.1, 0.15) is 6.29 Å². The van der Waals surface area contributed by atoms with E-state index >= 15 is 0 Å². The van der Waals surface area contributed by atoms with Crippen LogP contribution in [0.4, 0.5) is 0 Å². The molecule has 1 atom stereocenters. The fourth-order valence-corrected chi connectivity index (χ4v) is 1.40. The molecule has 0 aromatic heterocycles. The van der Waals surface area contributed by atoms with Crippen LogP contribution < -0.4 is 0 Å². The Morgan fingerprint density at radius 1 is 1.29 bits per heavy atom. The zero-order chi connectivity index (χ0) is 11.2. The van der Waals surface area contributed by atoms with E-state index in [1.807, 2.05) is 13.0 Å². The molecule has 2 nitrogen and oxygen atoms in total. The number of aliphatic hydroxyl groups is 1. The van der Waals surface area contributed by atoms with Gasteiger partial charge in [0, 0.05) is 6.42 Å². The van der Waals surface area contributed by atoms with Gasteiger partial charge in [0.15, 0.2) is 0 Å². The molecule has 0 aromatic rings. The van der Waals surface area contributed by atoms with Crippen molar-refractivity contribution < 1.29 is 9.90 Å². The Kier molecular flexibility index (Phi) is 5.06. The summed E-state index contributed by atoms with van der Waals surface area (Å²) in [6.07, 6.45) is 5.87. The zero-order valence-corrected chi connectivity index (χ0v) is 9.55. The molecule has 0 aliphatic heterocycles. The third kappa shape index (κ3) is 5.92. The molecule has 0 aliphatic rings. The monoisotopic (exact) mass is 198 g/mol. The number of aldehydes is 1. The van der Waals surface area contributed by atoms with E-state index in [-0.39, 0.29) is 5.41 Å². The second kappa shape index (κ2) is 5.30. The molecule has 14 heavy (non-hydrogen) atoms. The summed E-state index contributed by atoms with van der Waals surface area (Å²) in [4.78, 5) is 10.4. The lowest BCUT2D eigenvalue weighted by Crippen LogP contribution is -2.20. The predicted octanol–water partition coefficient (Wildman–Crippen LogP) is 2.71. The minimum Gasteiger partial charge on any atom is -0.390 e. The molecular formula is C12H22O2. The van der Waals surface area contributed by atoms with Crippen molar-refractivity contribution in [3.63, 3.8) is 0 Å². The fourth-order valence-electron chi connectivity index (χ4n) is 1.40. The van der Waals surface area contributed by atoms with Gasteiger partial charge in [-0.2, -0.15) is 0 Å². The van der Waals surface area contributed by atoms with E-state index < -0.39 is 5.60 Å². The van der Waals surface area contributed by atoms with Gasteiger partial charge in [-0.3, -0.25) is 0 Å². The van der Waals surface area contributed by atoms with E-state index in [0.717, 1.165) is 25.5 Å². The molecule has 0 heterocycles. The summed E-state index contributed by atoms with van der Waals surface area (Å²) < 4.78 is 0. The highest BCUT2D eigenvalue weighted by molar-refractivity contribution is 5.51. The van der Waals surface area contributed by atoms with Gasteiger partial charge in [-0.05, 0) is 38.5 Å². The van der Waals surface area contributed by atoms with Crippen LogP contribution in [0.2, 0.25) is 0 Å². The van der Waals surface area contributed by atoms with E-state index in [2.05, 4.69) is 6.58 Å². The molecule has 0 saturated heterocycles. The topological polar surface area (TPSA) is 37.3 Å². The van der Waals surface area contributed by atoms with Gasteiger partial charge >= 0.3 is 0 Å². The molecule has 0 bridgehead atoms. The number of carbonyl (C=O) groups excluding carboxylic acids is 1. The molecule has 0 fully saturated rings. The average Bonchev–Trinajstić information content (AvgIpc) is 2.02. The molecule has 1 unspecified atom stereocenters. The van der Waals surface area contributed by atoms with Crippen LogP contribution in [0.3, 0.4) is 0 Å². The molecule has 0 rings (SSSR count). The molecule has 0 aromatic carbocycles. The minimum atomic E-state index is -0.608. The summed E-state index contributed by atoms with van der Waals surface area (Å²) in [6.45, 7) is 9.38. The van der Waals surface area contributed by atoms with Crippen LogP contribution in [0.15, 0.2) is 12.7 Å². The maximum absolute atomic E-state index is 10.4. The van der Waals surface area contributed by atoms with Crippen molar-refractivity contribution >= 4 is 6.29 Å². The van der Waals surface area contributed by atoms with Crippen LogP contribution in [-0.4, -0.2) is 17.0 Å². The normalized spacial score (nSPS) is 16.0. The fraction of sp³-hybridized carbons (Fsp3) is 0.750. The van der Waals surface area contributed by atoms with Crippen molar-refractivity contribution in [3.05, 3.63) is 12.7 Å². The smallest absolute Gasteiger partial charge is 0.120 e. The second-order valence-electron chi connectivity index (χ2n) is 4.89. The van der Waals surface area contributed by atoms with Gasteiger partial charge in [-0.25, -0.2) is 0 Å². The molecule has 0 radical (unpaired) electrons. The molecule has 82 valence electrons. The molecule has 1 N–H and O–H groups in total. The Morgan fingerprint density at radius 2 is 1.86 bits per heavy atom. The first-order valence-corrected chi connectivity index (χ1v) is 5.13. The quantitative estimate of drug-likeness (QED) is 0.504. The van der Waals surface area contributed by atoms with Crippen molar-refractivity contribution in [2.75, 3.05) is 0 Å². The Balaban J connectivity index is 3.96. The molecule has 0 aliphatic carbocycles. The summed E-state index contributed by atoms with van der Waals surface area (Å²) in [5.74, 6) is 0. The van der Waals surface area contributed by atoms with E-state index in [0.29, 0.717) is 6.42 Å². The third-order valence-electron chi connectivity index (χ3n) is 2.58. The van der Waals surface area contributed by atoms with E-state index in [1.165, 1.54) is 0 Å². The zero-order valence-electron chi connectivity index (χ0n) is 9.55. The van der Waals surface area contributed by atoms with E-state index in [4.69, 9.17) is 0 Å². The molecule has 2 heteroatoms. The highest BCUT2D eigenvalue weighted by Crippen LogP contribution is 2.29. The van der Waals surface area contributed by atoms with Gasteiger partial charge in [-0.1, -0.05) is 13.0 Å². The Labute approximate surface area is 87.0 Å². The van der Waals surface area contributed by atoms with Crippen molar-refractivity contribution in [2.45, 2.75) is 52.1 Å².